The van der Waals surface area contributed by atoms with Crippen molar-refractivity contribution in [2.24, 2.45) is 0 Å². The first kappa shape index (κ1) is 12.0. The highest BCUT2D eigenvalue weighted by Crippen LogP contribution is 2.33. The van der Waals surface area contributed by atoms with Gasteiger partial charge < -0.3 is 9.67 Å². The van der Waals surface area contributed by atoms with E-state index >= 15 is 0 Å². The van der Waals surface area contributed by atoms with Crippen molar-refractivity contribution in [3.8, 4) is 0 Å². The van der Waals surface area contributed by atoms with Crippen LogP contribution in [-0.2, 0) is 0 Å². The molecular weight excluding hydrogens is 242 g/mol. The number of rotatable bonds is 2. The Balaban J connectivity index is 2.44. The van der Waals surface area contributed by atoms with Crippen LogP contribution in [0.4, 0.5) is 0 Å². The molecule has 1 N–H and O–H groups in total. The lowest BCUT2D eigenvalue weighted by Gasteiger charge is -2.30. The molecular formula is C15H15NO3. The zero-order valence-corrected chi connectivity index (χ0v) is 10.7. The van der Waals surface area contributed by atoms with Gasteiger partial charge in [-0.05, 0) is 32.3 Å². The number of fused-ring (bicyclic) bond motifs is 1. The predicted octanol–water partition coefficient (Wildman–Crippen LogP) is 2.73. The van der Waals surface area contributed by atoms with Crippen molar-refractivity contribution >= 4 is 16.7 Å². The summed E-state index contributed by atoms with van der Waals surface area (Å²) < 4.78 is 1.68. The molecule has 1 aromatic carbocycles. The summed E-state index contributed by atoms with van der Waals surface area (Å²) in [4.78, 5) is 24.0. The summed E-state index contributed by atoms with van der Waals surface area (Å²) in [7, 11) is 0. The monoisotopic (exact) mass is 257 g/mol. The smallest absolute Gasteiger partial charge is 0.338 e. The number of aromatic nitrogens is 1. The Bertz CT molecular complexity index is 726. The van der Waals surface area contributed by atoms with E-state index in [0.29, 0.717) is 16.5 Å². The van der Waals surface area contributed by atoms with E-state index < -0.39 is 5.97 Å². The average molecular weight is 257 g/mol. The largest absolute Gasteiger partial charge is 0.478 e. The van der Waals surface area contributed by atoms with Crippen molar-refractivity contribution in [2.45, 2.75) is 32.2 Å². The van der Waals surface area contributed by atoms with Gasteiger partial charge in [-0.15, -0.1) is 0 Å². The Labute approximate surface area is 110 Å². The van der Waals surface area contributed by atoms with E-state index in [1.165, 1.54) is 0 Å². The summed E-state index contributed by atoms with van der Waals surface area (Å²) >= 11 is 0. The normalized spacial score (nSPS) is 15.4. The fraction of sp³-hybridized carbons (Fsp3) is 0.333. The second-order valence-corrected chi connectivity index (χ2v) is 5.07. The molecule has 1 aliphatic rings. The molecule has 0 bridgehead atoms. The van der Waals surface area contributed by atoms with Crippen LogP contribution in [0.5, 0.6) is 0 Å². The van der Waals surface area contributed by atoms with Crippen LogP contribution < -0.4 is 5.56 Å². The first-order valence-corrected chi connectivity index (χ1v) is 6.48. The van der Waals surface area contributed by atoms with Crippen molar-refractivity contribution in [2.75, 3.05) is 0 Å². The third kappa shape index (κ3) is 1.67. The van der Waals surface area contributed by atoms with Crippen LogP contribution in [0.1, 0.15) is 41.4 Å². The first-order chi connectivity index (χ1) is 9.11. The van der Waals surface area contributed by atoms with Crippen LogP contribution >= 0.6 is 0 Å². The number of carboxylic acid groups (broad SMARTS) is 1. The van der Waals surface area contributed by atoms with E-state index in [2.05, 4.69) is 0 Å². The molecule has 1 saturated carbocycles. The minimum Gasteiger partial charge on any atom is -0.478 e. The Morgan fingerprint density at radius 2 is 1.89 bits per heavy atom. The second-order valence-electron chi connectivity index (χ2n) is 5.07. The molecule has 0 spiro atoms. The van der Waals surface area contributed by atoms with Crippen LogP contribution in [0.25, 0.3) is 10.8 Å². The Morgan fingerprint density at radius 3 is 2.42 bits per heavy atom. The lowest BCUT2D eigenvalue weighted by molar-refractivity contribution is 0.0696. The van der Waals surface area contributed by atoms with Gasteiger partial charge in [-0.2, -0.15) is 0 Å². The molecule has 3 rings (SSSR count). The number of carboxylic acids is 1. The van der Waals surface area contributed by atoms with Crippen LogP contribution in [0.15, 0.2) is 29.1 Å². The molecule has 0 saturated heterocycles. The molecule has 0 atom stereocenters. The van der Waals surface area contributed by atoms with Gasteiger partial charge in [0.2, 0.25) is 0 Å². The van der Waals surface area contributed by atoms with Crippen molar-refractivity contribution in [1.82, 2.24) is 4.57 Å². The number of carbonyl (C=O) groups is 1. The predicted molar refractivity (Wildman–Crippen MR) is 72.8 cm³/mol. The number of pyridine rings is 1. The molecule has 98 valence electrons. The summed E-state index contributed by atoms with van der Waals surface area (Å²) in [6.45, 7) is 1.73. The van der Waals surface area contributed by atoms with Crippen molar-refractivity contribution < 1.29 is 9.90 Å². The molecule has 0 aliphatic heterocycles. The maximum Gasteiger partial charge on any atom is 0.338 e. The molecule has 1 aliphatic carbocycles. The molecule has 19 heavy (non-hydrogen) atoms. The van der Waals surface area contributed by atoms with Crippen molar-refractivity contribution in [1.29, 1.82) is 0 Å². The Kier molecular flexibility index (Phi) is 2.66. The lowest BCUT2D eigenvalue weighted by Crippen LogP contribution is -2.32. The molecule has 0 unspecified atom stereocenters. The van der Waals surface area contributed by atoms with E-state index in [9.17, 15) is 14.7 Å². The molecule has 1 fully saturated rings. The Morgan fingerprint density at radius 1 is 1.26 bits per heavy atom. The second kappa shape index (κ2) is 4.23. The summed E-state index contributed by atoms with van der Waals surface area (Å²) in [5.41, 5.74) is 0.755. The van der Waals surface area contributed by atoms with Gasteiger partial charge in [0.05, 0.1) is 5.56 Å². The number of benzene rings is 1. The van der Waals surface area contributed by atoms with Gasteiger partial charge in [-0.1, -0.05) is 18.2 Å². The van der Waals surface area contributed by atoms with Crippen LogP contribution in [0.2, 0.25) is 0 Å². The molecule has 4 heteroatoms. The topological polar surface area (TPSA) is 59.3 Å². The highest BCUT2D eigenvalue weighted by atomic mass is 16.4. The van der Waals surface area contributed by atoms with E-state index in [1.807, 2.05) is 0 Å². The van der Waals surface area contributed by atoms with Crippen molar-refractivity contribution in [3.63, 3.8) is 0 Å². The SMILES string of the molecule is Cc1c(C(=O)O)c2ccccc2c(=O)n1C1CCC1. The number of hydrogen-bond donors (Lipinski definition) is 1. The standard InChI is InChI=1S/C15H15NO3/c1-9-13(15(18)19)11-7-2-3-8-12(11)14(17)16(9)10-5-4-6-10/h2-3,7-8,10H,4-6H2,1H3,(H,18,19). The molecule has 2 aromatic rings. The minimum absolute atomic E-state index is 0.0669. The Hall–Kier alpha value is -2.10. The maximum atomic E-state index is 12.5. The maximum absolute atomic E-state index is 12.5. The van der Waals surface area contributed by atoms with Gasteiger partial charge in [0.15, 0.2) is 0 Å². The number of aromatic carboxylic acids is 1. The minimum atomic E-state index is -0.971. The van der Waals surface area contributed by atoms with E-state index in [0.717, 1.165) is 19.3 Å². The first-order valence-electron chi connectivity index (χ1n) is 6.48. The third-order valence-corrected chi connectivity index (χ3v) is 4.02. The fourth-order valence-electron chi connectivity index (χ4n) is 2.84. The summed E-state index contributed by atoms with van der Waals surface area (Å²) in [5.74, 6) is -0.971. The van der Waals surface area contributed by atoms with Gasteiger partial charge in [0.1, 0.15) is 0 Å². The van der Waals surface area contributed by atoms with Crippen LogP contribution in [-0.4, -0.2) is 15.6 Å². The zero-order valence-electron chi connectivity index (χ0n) is 10.7. The van der Waals surface area contributed by atoms with Gasteiger partial charge in [0.25, 0.3) is 5.56 Å². The summed E-state index contributed by atoms with van der Waals surface area (Å²) in [6, 6.07) is 7.11. The molecule has 0 radical (unpaired) electrons. The number of hydrogen-bond acceptors (Lipinski definition) is 2. The quantitative estimate of drug-likeness (QED) is 0.899. The highest BCUT2D eigenvalue weighted by molar-refractivity contribution is 6.04. The van der Waals surface area contributed by atoms with Gasteiger partial charge in [-0.25, -0.2) is 4.79 Å². The highest BCUT2D eigenvalue weighted by Gasteiger charge is 2.26. The average Bonchev–Trinajstić information content (AvgIpc) is 2.32. The zero-order chi connectivity index (χ0) is 13.6. The summed E-state index contributed by atoms with van der Waals surface area (Å²) in [6.07, 6.45) is 3.02. The van der Waals surface area contributed by atoms with Crippen LogP contribution in [0, 0.1) is 6.92 Å². The van der Waals surface area contributed by atoms with Gasteiger partial charge in [-0.3, -0.25) is 4.79 Å². The third-order valence-electron chi connectivity index (χ3n) is 4.02. The van der Waals surface area contributed by atoms with Crippen molar-refractivity contribution in [3.05, 3.63) is 45.9 Å². The molecule has 1 heterocycles. The van der Waals surface area contributed by atoms with Gasteiger partial charge >= 0.3 is 5.97 Å². The van der Waals surface area contributed by atoms with E-state index in [4.69, 9.17) is 0 Å². The fourth-order valence-corrected chi connectivity index (χ4v) is 2.84. The van der Waals surface area contributed by atoms with E-state index in [1.54, 1.807) is 35.8 Å². The number of nitrogens with zero attached hydrogens (tertiary/aromatic N) is 1. The van der Waals surface area contributed by atoms with E-state index in [-0.39, 0.29) is 17.2 Å². The molecule has 1 aromatic heterocycles. The van der Waals surface area contributed by atoms with Gasteiger partial charge in [0, 0.05) is 22.5 Å². The molecule has 4 nitrogen and oxygen atoms in total. The van der Waals surface area contributed by atoms with Crippen LogP contribution in [0.3, 0.4) is 0 Å². The lowest BCUT2D eigenvalue weighted by atomic mass is 9.91. The molecule has 0 amide bonds. The summed E-state index contributed by atoms with van der Waals surface area (Å²) in [5, 5.41) is 10.5.